The minimum absolute atomic E-state index is 0.0156. The van der Waals surface area contributed by atoms with Crippen LogP contribution in [0.1, 0.15) is 29.3 Å². The highest BCUT2D eigenvalue weighted by atomic mass is 19.4. The second-order valence-electron chi connectivity index (χ2n) is 5.58. The van der Waals surface area contributed by atoms with Crippen molar-refractivity contribution in [3.8, 4) is 5.75 Å². The molecule has 0 fully saturated rings. The van der Waals surface area contributed by atoms with E-state index in [0.717, 1.165) is 6.07 Å². The van der Waals surface area contributed by atoms with Crippen LogP contribution in [0.2, 0.25) is 0 Å². The second-order valence-corrected chi connectivity index (χ2v) is 5.58. The summed E-state index contributed by atoms with van der Waals surface area (Å²) in [5, 5.41) is 5.03. The van der Waals surface area contributed by atoms with Crippen LogP contribution in [0.25, 0.3) is 0 Å². The first-order valence-corrected chi connectivity index (χ1v) is 8.24. The standard InChI is InChI=1S/C18H17F4N3O3/c1-2-16(26)25-15-9-11(5-6-23-15)17(27)24-7-8-28-14-4-3-12(10-13(14)19)18(20,21)22/h3-6,9-10H,2,7-8H2,1H3,(H,24,27)(H,23,25,26). The predicted molar refractivity (Wildman–Crippen MR) is 92.4 cm³/mol. The lowest BCUT2D eigenvalue weighted by Gasteiger charge is -2.11. The maximum atomic E-state index is 13.7. The topological polar surface area (TPSA) is 80.3 Å². The van der Waals surface area contributed by atoms with Crippen molar-refractivity contribution in [2.75, 3.05) is 18.5 Å². The number of anilines is 1. The van der Waals surface area contributed by atoms with Crippen molar-refractivity contribution in [3.05, 3.63) is 53.5 Å². The largest absolute Gasteiger partial charge is 0.489 e. The maximum absolute atomic E-state index is 13.7. The van der Waals surface area contributed by atoms with Crippen LogP contribution < -0.4 is 15.4 Å². The summed E-state index contributed by atoms with van der Waals surface area (Å²) in [5.41, 5.74) is -0.878. The number of hydrogen-bond acceptors (Lipinski definition) is 4. The Morgan fingerprint density at radius 3 is 2.57 bits per heavy atom. The third kappa shape index (κ3) is 5.93. The quantitative estimate of drug-likeness (QED) is 0.553. The third-order valence-corrected chi connectivity index (χ3v) is 3.52. The molecule has 10 heteroatoms. The molecule has 2 rings (SSSR count). The minimum atomic E-state index is -4.65. The van der Waals surface area contributed by atoms with Gasteiger partial charge in [0.15, 0.2) is 11.6 Å². The number of pyridine rings is 1. The summed E-state index contributed by atoms with van der Waals surface area (Å²) < 4.78 is 56.2. The van der Waals surface area contributed by atoms with Crippen LogP contribution in [0.5, 0.6) is 5.75 Å². The van der Waals surface area contributed by atoms with Gasteiger partial charge in [0, 0.05) is 18.2 Å². The lowest BCUT2D eigenvalue weighted by molar-refractivity contribution is -0.137. The smallest absolute Gasteiger partial charge is 0.416 e. The molecule has 0 saturated heterocycles. The van der Waals surface area contributed by atoms with E-state index in [2.05, 4.69) is 15.6 Å². The van der Waals surface area contributed by atoms with Crippen LogP contribution in [0, 0.1) is 5.82 Å². The molecule has 28 heavy (non-hydrogen) atoms. The Morgan fingerprint density at radius 2 is 1.93 bits per heavy atom. The van der Waals surface area contributed by atoms with Crippen LogP contribution in [-0.2, 0) is 11.0 Å². The SMILES string of the molecule is CCC(=O)Nc1cc(C(=O)NCCOc2ccc(C(F)(F)F)cc2F)ccn1. The number of aromatic nitrogens is 1. The zero-order valence-corrected chi connectivity index (χ0v) is 14.8. The molecule has 6 nitrogen and oxygen atoms in total. The highest BCUT2D eigenvalue weighted by molar-refractivity contribution is 5.96. The van der Waals surface area contributed by atoms with Gasteiger partial charge in [-0.3, -0.25) is 9.59 Å². The van der Waals surface area contributed by atoms with E-state index in [1.165, 1.54) is 18.3 Å². The minimum Gasteiger partial charge on any atom is -0.489 e. The number of nitrogens with zero attached hydrogens (tertiary/aromatic N) is 1. The fourth-order valence-corrected chi connectivity index (χ4v) is 2.09. The lowest BCUT2D eigenvalue weighted by atomic mass is 10.2. The Hall–Kier alpha value is -3.17. The first kappa shape index (κ1) is 21.1. The van der Waals surface area contributed by atoms with Crippen LogP contribution in [-0.4, -0.2) is 29.9 Å². The van der Waals surface area contributed by atoms with E-state index in [1.54, 1.807) is 6.92 Å². The number of ether oxygens (including phenoxy) is 1. The number of amides is 2. The number of carbonyl (C=O) groups excluding carboxylic acids is 2. The number of benzene rings is 1. The molecule has 0 atom stereocenters. The summed E-state index contributed by atoms with van der Waals surface area (Å²) in [6.07, 6.45) is -3.03. The van der Waals surface area contributed by atoms with Crippen molar-refractivity contribution in [3.63, 3.8) is 0 Å². The average Bonchev–Trinajstić information content (AvgIpc) is 2.65. The number of rotatable bonds is 7. The Morgan fingerprint density at radius 1 is 1.18 bits per heavy atom. The highest BCUT2D eigenvalue weighted by Gasteiger charge is 2.31. The number of carbonyl (C=O) groups is 2. The van der Waals surface area contributed by atoms with E-state index < -0.39 is 23.5 Å². The van der Waals surface area contributed by atoms with Crippen LogP contribution in [0.15, 0.2) is 36.5 Å². The summed E-state index contributed by atoms with van der Waals surface area (Å²) in [7, 11) is 0. The molecule has 1 aromatic heterocycles. The lowest BCUT2D eigenvalue weighted by Crippen LogP contribution is -2.28. The summed E-state index contributed by atoms with van der Waals surface area (Å²) in [5.74, 6) is -2.01. The zero-order valence-electron chi connectivity index (χ0n) is 14.8. The van der Waals surface area contributed by atoms with E-state index in [1.807, 2.05) is 0 Å². The number of nitrogens with one attached hydrogen (secondary N) is 2. The fraction of sp³-hybridized carbons (Fsp3) is 0.278. The molecule has 0 saturated carbocycles. The third-order valence-electron chi connectivity index (χ3n) is 3.52. The Bertz CT molecular complexity index is 856. The Labute approximate surface area is 157 Å². The van der Waals surface area contributed by atoms with Crippen molar-refractivity contribution in [2.45, 2.75) is 19.5 Å². The molecule has 0 aliphatic carbocycles. The van der Waals surface area contributed by atoms with Crippen molar-refractivity contribution in [2.24, 2.45) is 0 Å². The normalized spacial score (nSPS) is 11.0. The van der Waals surface area contributed by atoms with Crippen molar-refractivity contribution in [1.29, 1.82) is 0 Å². The van der Waals surface area contributed by atoms with Gasteiger partial charge in [0.2, 0.25) is 5.91 Å². The van der Waals surface area contributed by atoms with Gasteiger partial charge in [0.1, 0.15) is 12.4 Å². The molecule has 2 amide bonds. The van der Waals surface area contributed by atoms with Crippen molar-refractivity contribution >= 4 is 17.6 Å². The van der Waals surface area contributed by atoms with Gasteiger partial charge in [-0.15, -0.1) is 0 Å². The molecule has 0 unspecified atom stereocenters. The summed E-state index contributed by atoms with van der Waals surface area (Å²) in [6.45, 7) is 1.50. The number of halogens is 4. The van der Waals surface area contributed by atoms with Gasteiger partial charge >= 0.3 is 6.18 Å². The molecule has 150 valence electrons. The highest BCUT2D eigenvalue weighted by Crippen LogP contribution is 2.31. The molecular weight excluding hydrogens is 382 g/mol. The maximum Gasteiger partial charge on any atom is 0.416 e. The summed E-state index contributed by atoms with van der Waals surface area (Å²) in [4.78, 5) is 27.4. The first-order valence-electron chi connectivity index (χ1n) is 8.24. The van der Waals surface area contributed by atoms with Gasteiger partial charge in [-0.1, -0.05) is 6.92 Å². The molecule has 1 aromatic carbocycles. The van der Waals surface area contributed by atoms with Crippen LogP contribution in [0.3, 0.4) is 0 Å². The van der Waals surface area contributed by atoms with E-state index in [0.29, 0.717) is 12.1 Å². The van der Waals surface area contributed by atoms with Gasteiger partial charge in [-0.25, -0.2) is 9.37 Å². The van der Waals surface area contributed by atoms with Gasteiger partial charge < -0.3 is 15.4 Å². The monoisotopic (exact) mass is 399 g/mol. The molecule has 2 aromatic rings. The van der Waals surface area contributed by atoms with E-state index in [9.17, 15) is 27.2 Å². The van der Waals surface area contributed by atoms with Gasteiger partial charge in [0.25, 0.3) is 5.91 Å². The second kappa shape index (κ2) is 9.16. The number of hydrogen-bond donors (Lipinski definition) is 2. The Kier molecular flexibility index (Phi) is 6.91. The molecule has 0 aliphatic rings. The number of alkyl halides is 3. The summed E-state index contributed by atoms with van der Waals surface area (Å²) >= 11 is 0. The molecule has 0 bridgehead atoms. The molecule has 0 spiro atoms. The molecule has 1 heterocycles. The first-order chi connectivity index (χ1) is 13.2. The van der Waals surface area contributed by atoms with E-state index in [-0.39, 0.29) is 42.6 Å². The van der Waals surface area contributed by atoms with Gasteiger partial charge in [-0.2, -0.15) is 13.2 Å². The van der Waals surface area contributed by atoms with Crippen LogP contribution in [0.4, 0.5) is 23.4 Å². The molecule has 0 radical (unpaired) electrons. The van der Waals surface area contributed by atoms with Gasteiger partial charge in [-0.05, 0) is 30.3 Å². The zero-order chi connectivity index (χ0) is 20.7. The molecule has 2 N–H and O–H groups in total. The Balaban J connectivity index is 1.86. The van der Waals surface area contributed by atoms with Gasteiger partial charge in [0.05, 0.1) is 12.1 Å². The van der Waals surface area contributed by atoms with Crippen molar-refractivity contribution < 1.29 is 31.9 Å². The summed E-state index contributed by atoms with van der Waals surface area (Å²) in [6, 6.07) is 4.76. The van der Waals surface area contributed by atoms with E-state index in [4.69, 9.17) is 4.74 Å². The predicted octanol–water partition coefficient (Wildman–Crippen LogP) is 3.40. The fourth-order valence-electron chi connectivity index (χ4n) is 2.09. The van der Waals surface area contributed by atoms with E-state index >= 15 is 0 Å². The van der Waals surface area contributed by atoms with Crippen molar-refractivity contribution in [1.82, 2.24) is 10.3 Å². The molecular formula is C18H17F4N3O3. The van der Waals surface area contributed by atoms with Crippen LogP contribution >= 0.6 is 0 Å². The molecule has 0 aliphatic heterocycles. The average molecular weight is 399 g/mol.